The number of ether oxygens (including phenoxy) is 2. The minimum atomic E-state index is -0.411. The molecule has 3 nitrogen and oxygen atoms in total. The molecule has 3 aromatic carbocycles. The lowest BCUT2D eigenvalue weighted by atomic mass is 10.1. The number of carbonyl (C=O) groups is 1. The zero-order chi connectivity index (χ0) is 17.5. The predicted molar refractivity (Wildman–Crippen MR) is 99.8 cm³/mol. The van der Waals surface area contributed by atoms with Gasteiger partial charge in [0.15, 0.2) is 11.5 Å². The predicted octanol–water partition coefficient (Wildman–Crippen LogP) is 5.08. The fraction of sp³-hybridized carbons (Fsp3) is 0.0455. The maximum absolute atomic E-state index is 12.2. The molecule has 0 amide bonds. The lowest BCUT2D eigenvalue weighted by Gasteiger charge is -2.10. The minimum absolute atomic E-state index is 0.396. The second-order valence-corrected chi connectivity index (χ2v) is 5.41. The Morgan fingerprint density at radius 2 is 1.40 bits per heavy atom. The summed E-state index contributed by atoms with van der Waals surface area (Å²) in [5.41, 5.74) is 2.57. The quantitative estimate of drug-likeness (QED) is 0.371. The van der Waals surface area contributed by atoms with E-state index in [1.807, 2.05) is 60.7 Å². The smallest absolute Gasteiger partial charge is 0.343 e. The van der Waals surface area contributed by atoms with Crippen molar-refractivity contribution in [2.75, 3.05) is 7.11 Å². The highest BCUT2D eigenvalue weighted by Crippen LogP contribution is 2.29. The van der Waals surface area contributed by atoms with Crippen LogP contribution in [-0.2, 0) is 0 Å². The average molecular weight is 330 g/mol. The molecular weight excluding hydrogens is 312 g/mol. The fourth-order valence-electron chi connectivity index (χ4n) is 2.36. The molecule has 0 radical (unpaired) electrons. The summed E-state index contributed by atoms with van der Waals surface area (Å²) in [5.74, 6) is 0.499. The normalized spacial score (nSPS) is 10.6. The van der Waals surface area contributed by atoms with Crippen LogP contribution in [0, 0.1) is 0 Å². The van der Waals surface area contributed by atoms with Crippen LogP contribution in [0.25, 0.3) is 12.2 Å². The van der Waals surface area contributed by atoms with Gasteiger partial charge in [-0.25, -0.2) is 4.79 Å². The maximum Gasteiger partial charge on any atom is 0.343 e. The van der Waals surface area contributed by atoms with Gasteiger partial charge in [-0.05, 0) is 35.4 Å². The number of esters is 1. The van der Waals surface area contributed by atoms with E-state index in [9.17, 15) is 4.79 Å². The first-order valence-corrected chi connectivity index (χ1v) is 7.94. The maximum atomic E-state index is 12.2. The first-order chi connectivity index (χ1) is 12.3. The molecule has 0 aromatic heterocycles. The molecule has 3 heteroatoms. The number of rotatable bonds is 5. The van der Waals surface area contributed by atoms with Gasteiger partial charge in [0.2, 0.25) is 0 Å². The van der Waals surface area contributed by atoms with E-state index in [0.717, 1.165) is 11.1 Å². The van der Waals surface area contributed by atoms with Crippen molar-refractivity contribution in [2.24, 2.45) is 0 Å². The third-order valence-electron chi connectivity index (χ3n) is 3.67. The summed E-state index contributed by atoms with van der Waals surface area (Å²) in [6.45, 7) is 0. The van der Waals surface area contributed by atoms with Crippen LogP contribution < -0.4 is 9.47 Å². The molecule has 3 rings (SSSR count). The Morgan fingerprint density at radius 1 is 0.760 bits per heavy atom. The molecule has 0 spiro atoms. The zero-order valence-corrected chi connectivity index (χ0v) is 13.9. The molecule has 0 N–H and O–H groups in total. The number of hydrogen-bond acceptors (Lipinski definition) is 3. The van der Waals surface area contributed by atoms with Crippen LogP contribution in [0.4, 0.5) is 0 Å². The minimum Gasteiger partial charge on any atom is -0.493 e. The van der Waals surface area contributed by atoms with Crippen LogP contribution in [0.5, 0.6) is 11.5 Å². The summed E-state index contributed by atoms with van der Waals surface area (Å²) < 4.78 is 10.8. The zero-order valence-electron chi connectivity index (χ0n) is 13.9. The number of hydrogen-bond donors (Lipinski definition) is 0. The first kappa shape index (κ1) is 16.5. The van der Waals surface area contributed by atoms with Crippen molar-refractivity contribution in [3.63, 3.8) is 0 Å². The van der Waals surface area contributed by atoms with Crippen LogP contribution in [0.2, 0.25) is 0 Å². The third kappa shape index (κ3) is 4.36. The third-order valence-corrected chi connectivity index (χ3v) is 3.67. The van der Waals surface area contributed by atoms with Gasteiger partial charge in [0.25, 0.3) is 0 Å². The van der Waals surface area contributed by atoms with Crippen LogP contribution in [0.3, 0.4) is 0 Å². The van der Waals surface area contributed by atoms with Crippen LogP contribution in [0.15, 0.2) is 78.9 Å². The van der Waals surface area contributed by atoms with Crippen LogP contribution in [-0.4, -0.2) is 13.1 Å². The van der Waals surface area contributed by atoms with Gasteiger partial charge < -0.3 is 9.47 Å². The van der Waals surface area contributed by atoms with Crippen molar-refractivity contribution >= 4 is 18.1 Å². The second-order valence-electron chi connectivity index (χ2n) is 5.41. The highest BCUT2D eigenvalue weighted by Gasteiger charge is 2.12. The van der Waals surface area contributed by atoms with Gasteiger partial charge in [-0.1, -0.05) is 66.7 Å². The van der Waals surface area contributed by atoms with Crippen molar-refractivity contribution in [1.29, 1.82) is 0 Å². The van der Waals surface area contributed by atoms with E-state index in [-0.39, 0.29) is 0 Å². The van der Waals surface area contributed by atoms with Crippen molar-refractivity contribution in [2.45, 2.75) is 0 Å². The Labute approximate surface area is 147 Å². The van der Waals surface area contributed by atoms with E-state index in [2.05, 4.69) is 0 Å². The number of carbonyl (C=O) groups excluding carboxylic acids is 1. The van der Waals surface area contributed by atoms with E-state index in [4.69, 9.17) is 9.47 Å². The van der Waals surface area contributed by atoms with Gasteiger partial charge in [0.1, 0.15) is 0 Å². The van der Waals surface area contributed by atoms with Crippen LogP contribution >= 0.6 is 0 Å². The Bertz CT molecular complexity index is 868. The van der Waals surface area contributed by atoms with Crippen molar-refractivity contribution in [1.82, 2.24) is 0 Å². The van der Waals surface area contributed by atoms with E-state index in [1.165, 1.54) is 0 Å². The second kappa shape index (κ2) is 7.97. The van der Waals surface area contributed by atoms with Gasteiger partial charge in [0.05, 0.1) is 12.7 Å². The Balaban J connectivity index is 1.78. The number of benzene rings is 3. The van der Waals surface area contributed by atoms with Crippen molar-refractivity contribution in [3.8, 4) is 11.5 Å². The molecule has 0 atom stereocenters. The SMILES string of the molecule is COc1cc(/C=C/c2ccccc2)ccc1OC(=O)c1ccccc1. The van der Waals surface area contributed by atoms with E-state index in [1.54, 1.807) is 37.4 Å². The fourth-order valence-corrected chi connectivity index (χ4v) is 2.36. The lowest BCUT2D eigenvalue weighted by Crippen LogP contribution is -2.09. The lowest BCUT2D eigenvalue weighted by molar-refractivity contribution is 0.0729. The summed E-state index contributed by atoms with van der Waals surface area (Å²) in [6, 6.07) is 24.4. The van der Waals surface area contributed by atoms with Gasteiger partial charge >= 0.3 is 5.97 Å². The first-order valence-electron chi connectivity index (χ1n) is 7.94. The monoisotopic (exact) mass is 330 g/mol. The van der Waals surface area contributed by atoms with Gasteiger partial charge in [-0.15, -0.1) is 0 Å². The number of methoxy groups -OCH3 is 1. The summed E-state index contributed by atoms with van der Waals surface area (Å²) in [4.78, 5) is 12.2. The standard InChI is InChI=1S/C22H18O3/c1-24-21-16-18(13-12-17-8-4-2-5-9-17)14-15-20(21)25-22(23)19-10-6-3-7-11-19/h2-16H,1H3/b13-12+. The summed E-state index contributed by atoms with van der Waals surface area (Å²) in [6.07, 6.45) is 4.01. The molecule has 0 aliphatic rings. The highest BCUT2D eigenvalue weighted by molar-refractivity contribution is 5.91. The molecular formula is C22H18O3. The summed E-state index contributed by atoms with van der Waals surface area (Å²) in [5, 5.41) is 0. The molecule has 0 bridgehead atoms. The van der Waals surface area contributed by atoms with E-state index in [0.29, 0.717) is 17.1 Å². The van der Waals surface area contributed by atoms with Gasteiger partial charge in [-0.2, -0.15) is 0 Å². The molecule has 0 fully saturated rings. The van der Waals surface area contributed by atoms with Crippen LogP contribution in [0.1, 0.15) is 21.5 Å². The molecule has 0 aliphatic heterocycles. The Kier molecular flexibility index (Phi) is 5.27. The Morgan fingerprint density at radius 3 is 2.08 bits per heavy atom. The molecule has 0 saturated carbocycles. The molecule has 124 valence electrons. The topological polar surface area (TPSA) is 35.5 Å². The molecule has 25 heavy (non-hydrogen) atoms. The van der Waals surface area contributed by atoms with Gasteiger partial charge in [0, 0.05) is 0 Å². The summed E-state index contributed by atoms with van der Waals surface area (Å²) in [7, 11) is 1.56. The van der Waals surface area contributed by atoms with E-state index < -0.39 is 5.97 Å². The molecule has 0 aliphatic carbocycles. The van der Waals surface area contributed by atoms with E-state index >= 15 is 0 Å². The molecule has 0 heterocycles. The van der Waals surface area contributed by atoms with Gasteiger partial charge in [-0.3, -0.25) is 0 Å². The highest BCUT2D eigenvalue weighted by atomic mass is 16.6. The largest absolute Gasteiger partial charge is 0.493 e. The van der Waals surface area contributed by atoms with Crippen molar-refractivity contribution < 1.29 is 14.3 Å². The van der Waals surface area contributed by atoms with Crippen molar-refractivity contribution in [3.05, 3.63) is 95.6 Å². The molecule has 0 saturated heterocycles. The Hall–Kier alpha value is -3.33. The molecule has 0 unspecified atom stereocenters. The molecule has 3 aromatic rings. The summed E-state index contributed by atoms with van der Waals surface area (Å²) >= 11 is 0. The average Bonchev–Trinajstić information content (AvgIpc) is 2.68.